The van der Waals surface area contributed by atoms with E-state index in [-0.39, 0.29) is 50.4 Å². The van der Waals surface area contributed by atoms with E-state index in [1.807, 2.05) is 12.2 Å². The number of hydrogen-bond acceptors (Lipinski definition) is 6. The minimum atomic E-state index is -0.855. The highest BCUT2D eigenvalue weighted by Gasteiger charge is 2.19. The number of ether oxygens (including phenoxy) is 3. The van der Waals surface area contributed by atoms with Crippen LogP contribution >= 0.6 is 0 Å². The van der Waals surface area contributed by atoms with Crippen LogP contribution in [0.4, 0.5) is 0 Å². The van der Waals surface area contributed by atoms with Crippen molar-refractivity contribution in [2.75, 3.05) is 13.2 Å². The Morgan fingerprint density at radius 1 is 0.288 bits per heavy atom. The second-order valence-electron chi connectivity index (χ2n) is 18.5. The van der Waals surface area contributed by atoms with Gasteiger partial charge in [-0.1, -0.05) is 230 Å². The maximum Gasteiger partial charge on any atom is 0.306 e. The molecule has 408 valence electrons. The lowest BCUT2D eigenvalue weighted by Crippen LogP contribution is -2.30. The molecule has 73 heavy (non-hydrogen) atoms. The first kappa shape index (κ1) is 68.0. The molecule has 0 fully saturated rings. The van der Waals surface area contributed by atoms with E-state index in [0.29, 0.717) is 19.3 Å². The van der Waals surface area contributed by atoms with Gasteiger partial charge in [0.15, 0.2) is 6.10 Å². The lowest BCUT2D eigenvalue weighted by Gasteiger charge is -2.18. The molecule has 0 aromatic heterocycles. The molecular weight excluding hydrogens is 901 g/mol. The van der Waals surface area contributed by atoms with Gasteiger partial charge in [0.1, 0.15) is 13.2 Å². The average molecular weight is 1010 g/mol. The Labute approximate surface area is 448 Å². The molecule has 0 aliphatic rings. The van der Waals surface area contributed by atoms with E-state index in [9.17, 15) is 14.4 Å². The van der Waals surface area contributed by atoms with E-state index in [1.54, 1.807) is 0 Å². The molecule has 0 amide bonds. The molecule has 0 radical (unpaired) electrons. The van der Waals surface area contributed by atoms with Gasteiger partial charge >= 0.3 is 17.9 Å². The zero-order valence-electron chi connectivity index (χ0n) is 46.6. The number of hydrogen-bond donors (Lipinski definition) is 0. The SMILES string of the molecule is CC/C=C\C/C=C\C/C=C\C/C=C\C/C=C\C/C=C\CCC(=O)OC[C@H](COC(=O)CCC/C=C\C/C=C\C/C=C\CCCCCCCC)OC(=O)CCCCC/C=C\C/C=C\C/C=C\C/C=C\CCCCC. The molecule has 6 heteroatoms. The molecule has 0 heterocycles. The normalized spacial score (nSPS) is 13.3. The van der Waals surface area contributed by atoms with Crippen molar-refractivity contribution < 1.29 is 28.6 Å². The fourth-order valence-corrected chi connectivity index (χ4v) is 7.17. The van der Waals surface area contributed by atoms with Gasteiger partial charge < -0.3 is 14.2 Å². The minimum absolute atomic E-state index is 0.148. The summed E-state index contributed by atoms with van der Waals surface area (Å²) in [4.78, 5) is 38.1. The third-order valence-electron chi connectivity index (χ3n) is 11.5. The van der Waals surface area contributed by atoms with Gasteiger partial charge in [0.2, 0.25) is 0 Å². The van der Waals surface area contributed by atoms with Crippen LogP contribution in [0.2, 0.25) is 0 Å². The van der Waals surface area contributed by atoms with Crippen LogP contribution in [0.3, 0.4) is 0 Å². The Morgan fingerprint density at radius 2 is 0.575 bits per heavy atom. The van der Waals surface area contributed by atoms with Crippen LogP contribution in [0, 0.1) is 0 Å². The second kappa shape index (κ2) is 59.6. The summed E-state index contributed by atoms with van der Waals surface area (Å²) in [7, 11) is 0. The van der Waals surface area contributed by atoms with Gasteiger partial charge in [-0.25, -0.2) is 0 Å². The van der Waals surface area contributed by atoms with E-state index in [2.05, 4.69) is 167 Å². The third kappa shape index (κ3) is 57.8. The van der Waals surface area contributed by atoms with Crippen LogP contribution in [-0.4, -0.2) is 37.2 Å². The first-order valence-corrected chi connectivity index (χ1v) is 29.0. The zero-order chi connectivity index (χ0) is 52.9. The summed E-state index contributed by atoms with van der Waals surface area (Å²) in [5, 5.41) is 0. The molecule has 0 aliphatic carbocycles. The number of allylic oxidation sites excluding steroid dienone is 26. The lowest BCUT2D eigenvalue weighted by atomic mass is 10.1. The molecular formula is C67H104O6. The fraction of sp³-hybridized carbons (Fsp3) is 0.567. The Bertz CT molecular complexity index is 1670. The highest BCUT2D eigenvalue weighted by molar-refractivity contribution is 5.71. The molecule has 1 atom stereocenters. The summed E-state index contributed by atoms with van der Waals surface area (Å²) in [5.41, 5.74) is 0. The summed E-state index contributed by atoms with van der Waals surface area (Å²) in [6, 6.07) is 0. The number of carbonyl (C=O) groups excluding carboxylic acids is 3. The summed E-state index contributed by atoms with van der Waals surface area (Å²) < 4.78 is 16.7. The van der Waals surface area contributed by atoms with Gasteiger partial charge in [-0.15, -0.1) is 0 Å². The first-order valence-electron chi connectivity index (χ1n) is 29.0. The van der Waals surface area contributed by atoms with E-state index in [4.69, 9.17) is 14.2 Å². The van der Waals surface area contributed by atoms with E-state index >= 15 is 0 Å². The summed E-state index contributed by atoms with van der Waals surface area (Å²) in [6.45, 7) is 6.34. The highest BCUT2D eigenvalue weighted by Crippen LogP contribution is 2.11. The van der Waals surface area contributed by atoms with Gasteiger partial charge in [-0.2, -0.15) is 0 Å². The van der Waals surface area contributed by atoms with Gasteiger partial charge in [0.05, 0.1) is 0 Å². The molecule has 0 rings (SSSR count). The first-order chi connectivity index (χ1) is 36.0. The predicted octanol–water partition coefficient (Wildman–Crippen LogP) is 19.8. The maximum atomic E-state index is 12.9. The fourth-order valence-electron chi connectivity index (χ4n) is 7.17. The Hall–Kier alpha value is -4.97. The molecule has 0 bridgehead atoms. The standard InChI is InChI=1S/C67H104O6/c1-4-7-10-13-16-19-22-25-28-31-33-36-39-42-45-48-51-54-57-60-66(69)72-63-64(62-71-65(68)59-56-53-50-47-44-41-38-35-30-27-24-21-18-15-12-9-6-3)73-67(70)61-58-55-52-49-46-43-40-37-34-32-29-26-23-20-17-14-11-8-5-2/h7,10,16-17,19-20,25-30,33-34,36-38,41-43,45-47,50-51,54,64H,4-6,8-9,11-15,18,21-24,31-32,35,39-40,44,48-49,52-53,55-63H2,1-3H3/b10-7-,19-16-,20-17-,28-25-,29-26-,30-27-,36-33-,37-34-,41-38-,45-42-,46-43-,50-47-,54-51-/t64-/m0/s1. The monoisotopic (exact) mass is 1000 g/mol. The predicted molar refractivity (Wildman–Crippen MR) is 315 cm³/mol. The third-order valence-corrected chi connectivity index (χ3v) is 11.5. The summed E-state index contributed by atoms with van der Waals surface area (Å²) in [6.07, 6.45) is 86.8. The van der Waals surface area contributed by atoms with Crippen LogP contribution in [0.1, 0.15) is 226 Å². The topological polar surface area (TPSA) is 78.9 Å². The Balaban J connectivity index is 4.67. The van der Waals surface area contributed by atoms with E-state index < -0.39 is 6.10 Å². The van der Waals surface area contributed by atoms with E-state index in [0.717, 1.165) is 96.3 Å². The molecule has 0 aliphatic heterocycles. The molecule has 0 saturated carbocycles. The van der Waals surface area contributed by atoms with Gasteiger partial charge in [0.25, 0.3) is 0 Å². The van der Waals surface area contributed by atoms with Crippen molar-refractivity contribution in [3.63, 3.8) is 0 Å². The van der Waals surface area contributed by atoms with Gasteiger partial charge in [-0.3, -0.25) is 14.4 Å². The van der Waals surface area contributed by atoms with Crippen molar-refractivity contribution in [2.24, 2.45) is 0 Å². The van der Waals surface area contributed by atoms with Crippen molar-refractivity contribution in [2.45, 2.75) is 232 Å². The lowest BCUT2D eigenvalue weighted by molar-refractivity contribution is -0.166. The van der Waals surface area contributed by atoms with Crippen LogP contribution in [0.25, 0.3) is 0 Å². The maximum absolute atomic E-state index is 12.9. The van der Waals surface area contributed by atoms with Gasteiger partial charge in [0, 0.05) is 19.3 Å². The van der Waals surface area contributed by atoms with Crippen molar-refractivity contribution >= 4 is 17.9 Å². The molecule has 6 nitrogen and oxygen atoms in total. The van der Waals surface area contributed by atoms with Gasteiger partial charge in [-0.05, 0) is 135 Å². The molecule has 0 saturated heterocycles. The largest absolute Gasteiger partial charge is 0.462 e. The summed E-state index contributed by atoms with van der Waals surface area (Å²) >= 11 is 0. The van der Waals surface area contributed by atoms with Crippen LogP contribution in [0.15, 0.2) is 158 Å². The van der Waals surface area contributed by atoms with Crippen LogP contribution < -0.4 is 0 Å². The molecule has 0 aromatic carbocycles. The number of esters is 3. The molecule has 0 N–H and O–H groups in total. The molecule has 0 aromatic rings. The van der Waals surface area contributed by atoms with Crippen LogP contribution in [-0.2, 0) is 28.6 Å². The quantitative estimate of drug-likeness (QED) is 0.0261. The molecule has 0 spiro atoms. The van der Waals surface area contributed by atoms with Crippen molar-refractivity contribution in [3.05, 3.63) is 158 Å². The van der Waals surface area contributed by atoms with Crippen molar-refractivity contribution in [1.29, 1.82) is 0 Å². The number of unbranched alkanes of at least 4 members (excludes halogenated alkanes) is 13. The van der Waals surface area contributed by atoms with Crippen LogP contribution in [0.5, 0.6) is 0 Å². The second-order valence-corrected chi connectivity index (χ2v) is 18.5. The summed E-state index contributed by atoms with van der Waals surface area (Å²) in [5.74, 6) is -1.12. The zero-order valence-corrected chi connectivity index (χ0v) is 46.6. The minimum Gasteiger partial charge on any atom is -0.462 e. The van der Waals surface area contributed by atoms with Crippen molar-refractivity contribution in [3.8, 4) is 0 Å². The Kier molecular flexibility index (Phi) is 55.5. The Morgan fingerprint density at radius 3 is 0.986 bits per heavy atom. The smallest absolute Gasteiger partial charge is 0.306 e. The number of rotatable bonds is 50. The van der Waals surface area contributed by atoms with E-state index in [1.165, 1.54) is 70.6 Å². The average Bonchev–Trinajstić information content (AvgIpc) is 3.39. The number of carbonyl (C=O) groups is 3. The molecule has 0 unspecified atom stereocenters. The highest BCUT2D eigenvalue weighted by atomic mass is 16.6. The van der Waals surface area contributed by atoms with Crippen molar-refractivity contribution in [1.82, 2.24) is 0 Å².